The first-order valence-corrected chi connectivity index (χ1v) is 7.82. The summed E-state index contributed by atoms with van der Waals surface area (Å²) in [4.78, 5) is 28.8. The number of para-hydroxylation sites is 1. The highest BCUT2D eigenvalue weighted by atomic mass is 32.1. The smallest absolute Gasteiger partial charge is 0.321 e. The molecule has 0 spiro atoms. The van der Waals surface area contributed by atoms with E-state index in [0.717, 1.165) is 16.1 Å². The van der Waals surface area contributed by atoms with Gasteiger partial charge in [-0.1, -0.05) is 18.2 Å². The van der Waals surface area contributed by atoms with E-state index in [-0.39, 0.29) is 17.9 Å². The highest BCUT2D eigenvalue weighted by molar-refractivity contribution is 7.15. The van der Waals surface area contributed by atoms with Crippen LogP contribution in [-0.4, -0.2) is 23.5 Å². The molecule has 0 saturated heterocycles. The number of aryl methyl sites for hydroxylation is 1. The molecule has 3 rings (SSSR count). The molecule has 0 radical (unpaired) electrons. The molecule has 2 heterocycles. The fourth-order valence-corrected chi connectivity index (χ4v) is 3.11. The monoisotopic (exact) mass is 316 g/mol. The van der Waals surface area contributed by atoms with Crippen molar-refractivity contribution in [3.05, 3.63) is 40.9 Å². The van der Waals surface area contributed by atoms with Crippen molar-refractivity contribution in [1.29, 1.82) is 0 Å². The van der Waals surface area contributed by atoms with Crippen LogP contribution in [0.3, 0.4) is 0 Å². The molecule has 114 valence electrons. The summed E-state index contributed by atoms with van der Waals surface area (Å²) in [6.45, 7) is 2.35. The van der Waals surface area contributed by atoms with Gasteiger partial charge in [-0.05, 0) is 25.0 Å². The van der Waals surface area contributed by atoms with E-state index in [1.165, 1.54) is 11.3 Å². The zero-order valence-corrected chi connectivity index (χ0v) is 12.9. The summed E-state index contributed by atoms with van der Waals surface area (Å²) in [7, 11) is 0. The highest BCUT2D eigenvalue weighted by Gasteiger charge is 2.29. The molecule has 1 unspecified atom stereocenters. The van der Waals surface area contributed by atoms with Crippen molar-refractivity contribution in [2.24, 2.45) is 0 Å². The van der Waals surface area contributed by atoms with E-state index in [1.807, 2.05) is 31.2 Å². The molecule has 22 heavy (non-hydrogen) atoms. The summed E-state index contributed by atoms with van der Waals surface area (Å²) in [6.07, 6.45) is 2.27. The lowest BCUT2D eigenvalue weighted by molar-refractivity contribution is -0.117. The van der Waals surface area contributed by atoms with Crippen molar-refractivity contribution >= 4 is 34.1 Å². The van der Waals surface area contributed by atoms with Gasteiger partial charge in [0, 0.05) is 23.3 Å². The third kappa shape index (κ3) is 3.09. The van der Waals surface area contributed by atoms with Gasteiger partial charge in [0.1, 0.15) is 0 Å². The lowest BCUT2D eigenvalue weighted by Crippen LogP contribution is -2.31. The predicted molar refractivity (Wildman–Crippen MR) is 86.3 cm³/mol. The van der Waals surface area contributed by atoms with Gasteiger partial charge >= 0.3 is 6.03 Å². The lowest BCUT2D eigenvalue weighted by atomic mass is 9.97. The quantitative estimate of drug-likeness (QED) is 0.811. The van der Waals surface area contributed by atoms with Gasteiger partial charge in [0.05, 0.1) is 5.92 Å². The highest BCUT2D eigenvalue weighted by Crippen LogP contribution is 2.33. The van der Waals surface area contributed by atoms with Crippen molar-refractivity contribution in [3.8, 4) is 0 Å². The average Bonchev–Trinajstić information content (AvgIpc) is 3.03. The molecule has 3 N–H and O–H groups in total. The summed E-state index contributed by atoms with van der Waals surface area (Å²) >= 11 is 1.42. The summed E-state index contributed by atoms with van der Waals surface area (Å²) in [5.41, 5.74) is 1.85. The second kappa shape index (κ2) is 6.15. The van der Waals surface area contributed by atoms with Crippen LogP contribution in [0.1, 0.15) is 22.8 Å². The molecule has 7 heteroatoms. The molecule has 1 aliphatic rings. The van der Waals surface area contributed by atoms with Crippen molar-refractivity contribution < 1.29 is 9.59 Å². The normalized spacial score (nSPS) is 16.0. The molecule has 0 bridgehead atoms. The van der Waals surface area contributed by atoms with Gasteiger partial charge in [-0.2, -0.15) is 0 Å². The van der Waals surface area contributed by atoms with E-state index in [0.29, 0.717) is 18.1 Å². The van der Waals surface area contributed by atoms with Gasteiger partial charge in [0.2, 0.25) is 5.91 Å². The maximum Gasteiger partial charge on any atom is 0.321 e. The van der Waals surface area contributed by atoms with Crippen LogP contribution in [0.15, 0.2) is 30.5 Å². The molecular weight excluding hydrogens is 300 g/mol. The molecular formula is C15H16N4O2S. The Morgan fingerprint density at radius 1 is 1.41 bits per heavy atom. The number of hydrogen-bond donors (Lipinski definition) is 3. The minimum Gasteiger partial charge on any atom is -0.338 e. The molecule has 3 amide bonds. The number of amides is 3. The number of nitrogens with zero attached hydrogens (tertiary/aromatic N) is 1. The van der Waals surface area contributed by atoms with Crippen LogP contribution in [0.2, 0.25) is 0 Å². The maximum absolute atomic E-state index is 12.0. The first kappa shape index (κ1) is 14.5. The Morgan fingerprint density at radius 3 is 3.00 bits per heavy atom. The van der Waals surface area contributed by atoms with Crippen molar-refractivity contribution in [1.82, 2.24) is 10.3 Å². The third-order valence-electron chi connectivity index (χ3n) is 3.47. The summed E-state index contributed by atoms with van der Waals surface area (Å²) < 4.78 is 0. The molecule has 1 atom stereocenters. The lowest BCUT2D eigenvalue weighted by Gasteiger charge is -2.10. The Bertz CT molecular complexity index is 713. The zero-order valence-electron chi connectivity index (χ0n) is 12.1. The van der Waals surface area contributed by atoms with Crippen molar-refractivity contribution in [2.45, 2.75) is 19.3 Å². The Labute approximate surface area is 132 Å². The third-order valence-corrected chi connectivity index (χ3v) is 4.30. The number of benzene rings is 1. The number of urea groups is 1. The second-order valence-electron chi connectivity index (χ2n) is 5.07. The molecule has 1 aromatic carbocycles. The maximum atomic E-state index is 12.0. The minimum atomic E-state index is -0.305. The van der Waals surface area contributed by atoms with Crippen LogP contribution in [0.4, 0.5) is 15.6 Å². The van der Waals surface area contributed by atoms with Gasteiger partial charge < -0.3 is 10.6 Å². The molecule has 1 aliphatic heterocycles. The molecule has 0 saturated carbocycles. The molecule has 0 fully saturated rings. The topological polar surface area (TPSA) is 83.1 Å². The van der Waals surface area contributed by atoms with Gasteiger partial charge in [0.25, 0.3) is 0 Å². The average molecular weight is 316 g/mol. The number of carbonyl (C=O) groups excluding carboxylic acids is 2. The Balaban J connectivity index is 1.51. The summed E-state index contributed by atoms with van der Waals surface area (Å²) in [5.74, 6) is -0.224. The number of thiazole rings is 1. The van der Waals surface area contributed by atoms with Gasteiger partial charge in [-0.15, -0.1) is 11.3 Å². The molecule has 1 aromatic heterocycles. The van der Waals surface area contributed by atoms with Crippen LogP contribution in [0.5, 0.6) is 0 Å². The van der Waals surface area contributed by atoms with E-state index in [9.17, 15) is 9.59 Å². The van der Waals surface area contributed by atoms with Crippen LogP contribution >= 0.6 is 11.3 Å². The van der Waals surface area contributed by atoms with E-state index in [4.69, 9.17) is 0 Å². The van der Waals surface area contributed by atoms with E-state index in [1.54, 1.807) is 6.20 Å². The SMILES string of the molecule is Cc1cnc(NC(=O)NCCC2C(=O)Nc3ccccc32)s1. The Hall–Kier alpha value is -2.41. The zero-order chi connectivity index (χ0) is 15.5. The van der Waals surface area contributed by atoms with E-state index in [2.05, 4.69) is 20.9 Å². The predicted octanol–water partition coefficient (Wildman–Crippen LogP) is 2.70. The first-order valence-electron chi connectivity index (χ1n) is 7.00. The second-order valence-corrected chi connectivity index (χ2v) is 6.31. The largest absolute Gasteiger partial charge is 0.338 e. The standard InChI is InChI=1S/C15H16N4O2S/c1-9-8-17-15(22-9)19-14(21)16-7-6-11-10-4-2-3-5-12(10)18-13(11)20/h2-5,8,11H,6-7H2,1H3,(H,18,20)(H2,16,17,19,21). The number of anilines is 2. The number of carbonyl (C=O) groups is 2. The molecule has 0 aliphatic carbocycles. The number of rotatable bonds is 4. The summed E-state index contributed by atoms with van der Waals surface area (Å²) in [6, 6.07) is 7.33. The molecule has 6 nitrogen and oxygen atoms in total. The van der Waals surface area contributed by atoms with E-state index >= 15 is 0 Å². The minimum absolute atomic E-state index is 0.0149. The first-order chi connectivity index (χ1) is 10.6. The number of fused-ring (bicyclic) bond motifs is 1. The number of nitrogens with one attached hydrogen (secondary N) is 3. The van der Waals surface area contributed by atoms with Crippen molar-refractivity contribution in [2.75, 3.05) is 17.2 Å². The van der Waals surface area contributed by atoms with Crippen LogP contribution in [-0.2, 0) is 4.79 Å². The van der Waals surface area contributed by atoms with E-state index < -0.39 is 0 Å². The van der Waals surface area contributed by atoms with Crippen molar-refractivity contribution in [3.63, 3.8) is 0 Å². The van der Waals surface area contributed by atoms with Gasteiger partial charge in [-0.3, -0.25) is 10.1 Å². The van der Waals surface area contributed by atoms with Gasteiger partial charge in [0.15, 0.2) is 5.13 Å². The number of hydrogen-bond acceptors (Lipinski definition) is 4. The van der Waals surface area contributed by atoms with Crippen LogP contribution < -0.4 is 16.0 Å². The van der Waals surface area contributed by atoms with Crippen LogP contribution in [0, 0.1) is 6.92 Å². The summed E-state index contributed by atoms with van der Waals surface area (Å²) in [5, 5.41) is 8.85. The fourth-order valence-electron chi connectivity index (χ4n) is 2.45. The van der Waals surface area contributed by atoms with Crippen LogP contribution in [0.25, 0.3) is 0 Å². The number of aromatic nitrogens is 1. The van der Waals surface area contributed by atoms with Gasteiger partial charge in [-0.25, -0.2) is 9.78 Å². The molecule has 2 aromatic rings. The Morgan fingerprint density at radius 2 is 2.23 bits per heavy atom. The fraction of sp³-hybridized carbons (Fsp3) is 0.267. The Kier molecular flexibility index (Phi) is 4.06.